The van der Waals surface area contributed by atoms with E-state index in [1.807, 2.05) is 37.4 Å². The van der Waals surface area contributed by atoms with Crippen LogP contribution in [0.25, 0.3) is 11.1 Å². The van der Waals surface area contributed by atoms with E-state index in [1.54, 1.807) is 7.05 Å². The van der Waals surface area contributed by atoms with Crippen molar-refractivity contribution in [2.75, 3.05) is 7.05 Å². The van der Waals surface area contributed by atoms with Crippen molar-refractivity contribution < 1.29 is 8.83 Å². The van der Waals surface area contributed by atoms with Crippen molar-refractivity contribution in [1.82, 2.24) is 9.88 Å². The predicted octanol–water partition coefficient (Wildman–Crippen LogP) is 2.80. The van der Waals surface area contributed by atoms with Gasteiger partial charge in [-0.25, -0.2) is 4.79 Å². The fourth-order valence-corrected chi connectivity index (χ4v) is 2.61. The molecule has 1 atom stereocenters. The molecule has 5 nitrogen and oxygen atoms in total. The summed E-state index contributed by atoms with van der Waals surface area (Å²) in [6.45, 7) is 0. The minimum Gasteiger partial charge on any atom is -0.452 e. The fraction of sp³-hybridized carbons (Fsp3) is 0.214. The Bertz CT molecular complexity index is 815. The Morgan fingerprint density at radius 1 is 1.25 bits per heavy atom. The van der Waals surface area contributed by atoms with Crippen LogP contribution in [-0.4, -0.2) is 11.6 Å². The highest BCUT2D eigenvalue weighted by molar-refractivity contribution is 9.10. The van der Waals surface area contributed by atoms with Crippen molar-refractivity contribution in [2.45, 2.75) is 6.04 Å². The molecular weight excluding hydrogens is 324 g/mol. The third-order valence-corrected chi connectivity index (χ3v) is 3.74. The number of fused-ring (bicyclic) bond motifs is 1. The predicted molar refractivity (Wildman–Crippen MR) is 78.8 cm³/mol. The first-order chi connectivity index (χ1) is 9.60. The molecular formula is C14H13BrN2O3. The Morgan fingerprint density at radius 3 is 2.70 bits per heavy atom. The minimum absolute atomic E-state index is 0.101. The molecule has 1 N–H and O–H groups in total. The molecule has 6 heteroatoms. The quantitative estimate of drug-likeness (QED) is 0.798. The lowest BCUT2D eigenvalue weighted by Crippen LogP contribution is -2.16. The van der Waals surface area contributed by atoms with Crippen molar-refractivity contribution in [2.24, 2.45) is 7.05 Å². The summed E-state index contributed by atoms with van der Waals surface area (Å²) < 4.78 is 13.0. The Hall–Kier alpha value is -1.79. The normalized spacial score (nSPS) is 12.9. The molecule has 0 aliphatic heterocycles. The Kier molecular flexibility index (Phi) is 3.27. The first kappa shape index (κ1) is 13.2. The van der Waals surface area contributed by atoms with Crippen LogP contribution in [0.5, 0.6) is 0 Å². The van der Waals surface area contributed by atoms with Crippen LogP contribution in [0, 0.1) is 0 Å². The molecule has 0 spiro atoms. The lowest BCUT2D eigenvalue weighted by Gasteiger charge is -2.13. The Labute approximate surface area is 123 Å². The third kappa shape index (κ3) is 2.10. The number of nitrogens with zero attached hydrogens (tertiary/aromatic N) is 1. The van der Waals surface area contributed by atoms with Crippen LogP contribution in [0.15, 0.2) is 48.6 Å². The Balaban J connectivity index is 2.10. The van der Waals surface area contributed by atoms with Crippen molar-refractivity contribution in [1.29, 1.82) is 0 Å². The molecule has 2 heterocycles. The highest BCUT2D eigenvalue weighted by atomic mass is 79.9. The molecule has 0 aliphatic rings. The number of aryl methyl sites for hydroxylation is 1. The number of hydrogen-bond acceptors (Lipinski definition) is 4. The molecule has 2 aromatic heterocycles. The Morgan fingerprint density at radius 2 is 2.05 bits per heavy atom. The zero-order valence-electron chi connectivity index (χ0n) is 11.0. The van der Waals surface area contributed by atoms with E-state index in [-0.39, 0.29) is 11.8 Å². The molecule has 3 rings (SSSR count). The van der Waals surface area contributed by atoms with E-state index in [0.29, 0.717) is 10.3 Å². The maximum Gasteiger partial charge on any atom is 0.419 e. The first-order valence-corrected chi connectivity index (χ1v) is 6.91. The van der Waals surface area contributed by atoms with Gasteiger partial charge in [0, 0.05) is 7.05 Å². The number of aromatic nitrogens is 1. The molecule has 0 amide bonds. The second-order valence-corrected chi connectivity index (χ2v) is 5.30. The summed E-state index contributed by atoms with van der Waals surface area (Å²) in [7, 11) is 3.54. The number of benzene rings is 1. The van der Waals surface area contributed by atoms with Crippen LogP contribution in [0.1, 0.15) is 17.4 Å². The number of rotatable bonds is 3. The lowest BCUT2D eigenvalue weighted by molar-refractivity contribution is 0.447. The molecule has 0 fully saturated rings. The number of hydrogen-bond donors (Lipinski definition) is 1. The fourth-order valence-electron chi connectivity index (χ4n) is 2.29. The number of nitrogens with one attached hydrogen (secondary N) is 1. The molecule has 0 aliphatic carbocycles. The average molecular weight is 337 g/mol. The lowest BCUT2D eigenvalue weighted by atomic mass is 10.0. The van der Waals surface area contributed by atoms with Crippen LogP contribution in [0.2, 0.25) is 0 Å². The van der Waals surface area contributed by atoms with Gasteiger partial charge in [-0.15, -0.1) is 0 Å². The van der Waals surface area contributed by atoms with E-state index in [2.05, 4.69) is 21.2 Å². The van der Waals surface area contributed by atoms with Crippen molar-refractivity contribution in [3.8, 4) is 0 Å². The van der Waals surface area contributed by atoms with Gasteiger partial charge in [0.15, 0.2) is 10.3 Å². The average Bonchev–Trinajstić information content (AvgIpc) is 2.96. The largest absolute Gasteiger partial charge is 0.452 e. The van der Waals surface area contributed by atoms with Crippen LogP contribution in [0.4, 0.5) is 0 Å². The van der Waals surface area contributed by atoms with Gasteiger partial charge < -0.3 is 14.2 Å². The van der Waals surface area contributed by atoms with Gasteiger partial charge in [0.1, 0.15) is 5.76 Å². The summed E-state index contributed by atoms with van der Waals surface area (Å²) in [4.78, 5) is 11.5. The molecule has 0 saturated heterocycles. The van der Waals surface area contributed by atoms with Crippen LogP contribution >= 0.6 is 15.9 Å². The van der Waals surface area contributed by atoms with Gasteiger partial charge >= 0.3 is 5.76 Å². The highest BCUT2D eigenvalue weighted by Gasteiger charge is 2.17. The van der Waals surface area contributed by atoms with Crippen molar-refractivity contribution >= 4 is 27.0 Å². The molecule has 1 unspecified atom stereocenters. The standard InChI is InChI=1S/C14H13BrN2O3/c1-16-13(10-5-6-12(15)19-10)8-3-4-9-11(7-8)20-14(18)17(9)2/h3-7,13,16H,1-2H3. The SMILES string of the molecule is CNC(c1ccc2c(c1)oc(=O)n2C)c1ccc(Br)o1. The molecule has 0 saturated carbocycles. The molecule has 104 valence electrons. The summed E-state index contributed by atoms with van der Waals surface area (Å²) in [5.74, 6) is 0.427. The zero-order chi connectivity index (χ0) is 14.3. The van der Waals surface area contributed by atoms with E-state index >= 15 is 0 Å². The summed E-state index contributed by atoms with van der Waals surface area (Å²) in [5, 5.41) is 3.19. The van der Waals surface area contributed by atoms with Gasteiger partial charge in [-0.1, -0.05) is 6.07 Å². The minimum atomic E-state index is -0.362. The second kappa shape index (κ2) is 4.96. The summed E-state index contributed by atoms with van der Waals surface area (Å²) in [5.41, 5.74) is 2.31. The van der Waals surface area contributed by atoms with E-state index < -0.39 is 0 Å². The van der Waals surface area contributed by atoms with Crippen LogP contribution in [0.3, 0.4) is 0 Å². The number of halogens is 1. The molecule has 20 heavy (non-hydrogen) atoms. The molecule has 1 aromatic carbocycles. The maximum atomic E-state index is 11.5. The second-order valence-electron chi connectivity index (χ2n) is 4.52. The zero-order valence-corrected chi connectivity index (χ0v) is 12.6. The van der Waals surface area contributed by atoms with E-state index in [0.717, 1.165) is 16.8 Å². The number of oxazole rings is 1. The van der Waals surface area contributed by atoms with Gasteiger partial charge in [0.25, 0.3) is 0 Å². The van der Waals surface area contributed by atoms with Gasteiger partial charge in [0.05, 0.1) is 11.6 Å². The van der Waals surface area contributed by atoms with Crippen LogP contribution < -0.4 is 11.1 Å². The van der Waals surface area contributed by atoms with Crippen molar-refractivity contribution in [3.05, 3.63) is 56.9 Å². The topological polar surface area (TPSA) is 60.3 Å². The summed E-state index contributed by atoms with van der Waals surface area (Å²) in [6.07, 6.45) is 0. The summed E-state index contributed by atoms with van der Waals surface area (Å²) >= 11 is 3.30. The van der Waals surface area contributed by atoms with Gasteiger partial charge in [-0.05, 0) is 52.8 Å². The highest BCUT2D eigenvalue weighted by Crippen LogP contribution is 2.27. The van der Waals surface area contributed by atoms with E-state index in [4.69, 9.17) is 8.83 Å². The first-order valence-electron chi connectivity index (χ1n) is 6.12. The molecule has 3 aromatic rings. The molecule has 0 radical (unpaired) electrons. The summed E-state index contributed by atoms with van der Waals surface area (Å²) in [6, 6.07) is 9.33. The van der Waals surface area contributed by atoms with E-state index in [1.165, 1.54) is 4.57 Å². The smallest absolute Gasteiger partial charge is 0.419 e. The monoisotopic (exact) mass is 336 g/mol. The van der Waals surface area contributed by atoms with Gasteiger partial charge in [0.2, 0.25) is 0 Å². The van der Waals surface area contributed by atoms with Crippen molar-refractivity contribution in [3.63, 3.8) is 0 Å². The number of furan rings is 1. The van der Waals surface area contributed by atoms with Crippen LogP contribution in [-0.2, 0) is 7.05 Å². The van der Waals surface area contributed by atoms with Gasteiger partial charge in [-0.3, -0.25) is 4.57 Å². The third-order valence-electron chi connectivity index (χ3n) is 3.32. The maximum absolute atomic E-state index is 11.5. The van der Waals surface area contributed by atoms with E-state index in [9.17, 15) is 4.79 Å². The molecule has 0 bridgehead atoms. The van der Waals surface area contributed by atoms with Gasteiger partial charge in [-0.2, -0.15) is 0 Å².